The predicted molar refractivity (Wildman–Crippen MR) is 71.0 cm³/mol. The third-order valence-electron chi connectivity index (χ3n) is 2.24. The molecule has 1 aromatic heterocycles. The van der Waals surface area contributed by atoms with Crippen molar-refractivity contribution < 1.29 is 13.2 Å². The lowest BCUT2D eigenvalue weighted by molar-refractivity contribution is -0.137. The molecule has 8 heteroatoms. The number of aromatic nitrogens is 2. The molecule has 2 rings (SSSR count). The van der Waals surface area contributed by atoms with E-state index in [9.17, 15) is 13.2 Å². The molecular weight excluding hydrogens is 320 g/mol. The first-order valence-corrected chi connectivity index (χ1v) is 6.09. The molecule has 0 bridgehead atoms. The fourth-order valence-electron chi connectivity index (χ4n) is 1.31. The summed E-state index contributed by atoms with van der Waals surface area (Å²) < 4.78 is 39.1. The third kappa shape index (κ3) is 3.81. The number of rotatable bonds is 2. The van der Waals surface area contributed by atoms with Crippen LogP contribution < -0.4 is 0 Å². The van der Waals surface area contributed by atoms with Gasteiger partial charge in [0.1, 0.15) is 0 Å². The molecule has 0 saturated carbocycles. The van der Waals surface area contributed by atoms with Gasteiger partial charge in [0.05, 0.1) is 10.6 Å². The van der Waals surface area contributed by atoms with Gasteiger partial charge in [0, 0.05) is 24.3 Å². The van der Waals surface area contributed by atoms with Gasteiger partial charge in [0.25, 0.3) is 0 Å². The van der Waals surface area contributed by atoms with E-state index in [0.29, 0.717) is 10.1 Å². The smallest absolute Gasteiger partial charge is 0.329 e. The maximum absolute atomic E-state index is 12.5. The molecule has 1 aromatic carbocycles. The molecule has 0 spiro atoms. The van der Waals surface area contributed by atoms with E-state index >= 15 is 0 Å². The normalized spacial score (nSPS) is 11.2. The lowest BCUT2D eigenvalue weighted by Crippen LogP contribution is -2.04. The molecule has 104 valence electrons. The van der Waals surface area contributed by atoms with Gasteiger partial charge < -0.3 is 4.57 Å². The number of hydrogen-bond acceptors (Lipinski definition) is 2. The van der Waals surface area contributed by atoms with Gasteiger partial charge in [-0.05, 0) is 18.2 Å². The molecule has 2 nitrogen and oxygen atoms in total. The molecular formula is C11H9Cl2F3N2S. The number of imidazole rings is 1. The minimum atomic E-state index is -4.38. The Morgan fingerprint density at radius 2 is 2.00 bits per heavy atom. The lowest BCUT2D eigenvalue weighted by atomic mass is 10.2. The summed E-state index contributed by atoms with van der Waals surface area (Å²) in [5.74, 6) is 0. The van der Waals surface area contributed by atoms with Crippen LogP contribution in [0, 0.1) is 0 Å². The zero-order valence-electron chi connectivity index (χ0n) is 9.61. The highest BCUT2D eigenvalue weighted by Gasteiger charge is 2.30. The van der Waals surface area contributed by atoms with Crippen LogP contribution >= 0.6 is 35.8 Å². The van der Waals surface area contributed by atoms with E-state index < -0.39 is 11.7 Å². The zero-order valence-corrected chi connectivity index (χ0v) is 12.0. The highest BCUT2D eigenvalue weighted by Crippen LogP contribution is 2.37. The van der Waals surface area contributed by atoms with E-state index in [2.05, 4.69) is 4.98 Å². The quantitative estimate of drug-likeness (QED) is 0.797. The fraction of sp³-hybridized carbons (Fsp3) is 0.182. The average Bonchev–Trinajstić information content (AvgIpc) is 2.66. The van der Waals surface area contributed by atoms with Gasteiger partial charge in [-0.2, -0.15) is 13.2 Å². The van der Waals surface area contributed by atoms with Crippen molar-refractivity contribution in [1.82, 2.24) is 9.55 Å². The summed E-state index contributed by atoms with van der Waals surface area (Å²) in [6.45, 7) is 0. The van der Waals surface area contributed by atoms with E-state index in [-0.39, 0.29) is 17.4 Å². The van der Waals surface area contributed by atoms with Crippen molar-refractivity contribution in [2.24, 2.45) is 7.05 Å². The van der Waals surface area contributed by atoms with Gasteiger partial charge in [-0.25, -0.2) is 4.98 Å². The lowest BCUT2D eigenvalue weighted by Gasteiger charge is -2.09. The van der Waals surface area contributed by atoms with Crippen molar-refractivity contribution >= 4 is 35.8 Å². The van der Waals surface area contributed by atoms with Gasteiger partial charge in [-0.15, -0.1) is 12.4 Å². The largest absolute Gasteiger partial charge is 0.416 e. The summed E-state index contributed by atoms with van der Waals surface area (Å²) in [5, 5.41) is 0.731. The Hall–Kier alpha value is -0.850. The fourth-order valence-corrected chi connectivity index (χ4v) is 2.41. The summed E-state index contributed by atoms with van der Waals surface area (Å²) in [6, 6.07) is 3.29. The van der Waals surface area contributed by atoms with Crippen LogP contribution in [0.25, 0.3) is 0 Å². The minimum Gasteiger partial charge on any atom is -0.329 e. The first kappa shape index (κ1) is 16.2. The second-order valence-corrected chi connectivity index (χ2v) is 4.98. The Morgan fingerprint density at radius 3 is 2.47 bits per heavy atom. The molecule has 2 aromatic rings. The predicted octanol–water partition coefficient (Wildman–Crippen LogP) is 4.67. The van der Waals surface area contributed by atoms with E-state index in [1.165, 1.54) is 17.8 Å². The number of alkyl halides is 3. The average molecular weight is 329 g/mol. The van der Waals surface area contributed by atoms with E-state index in [1.807, 2.05) is 0 Å². The summed E-state index contributed by atoms with van der Waals surface area (Å²) >= 11 is 7.07. The monoisotopic (exact) mass is 328 g/mol. The van der Waals surface area contributed by atoms with Crippen LogP contribution in [-0.2, 0) is 13.2 Å². The summed E-state index contributed by atoms with van der Waals surface area (Å²) in [5.41, 5.74) is -0.753. The van der Waals surface area contributed by atoms with Crippen molar-refractivity contribution in [3.63, 3.8) is 0 Å². The van der Waals surface area contributed by atoms with Crippen molar-refractivity contribution in [1.29, 1.82) is 0 Å². The second-order valence-electron chi connectivity index (χ2n) is 3.57. The van der Waals surface area contributed by atoms with Gasteiger partial charge in [0.15, 0.2) is 5.16 Å². The highest BCUT2D eigenvalue weighted by molar-refractivity contribution is 7.99. The molecule has 0 aliphatic rings. The number of halogens is 5. The molecule has 0 amide bonds. The van der Waals surface area contributed by atoms with E-state index in [0.717, 1.165) is 12.1 Å². The number of nitrogens with zero attached hydrogens (tertiary/aromatic N) is 2. The second kappa shape index (κ2) is 6.07. The molecule has 0 fully saturated rings. The molecule has 0 aliphatic heterocycles. The Morgan fingerprint density at radius 1 is 1.32 bits per heavy atom. The van der Waals surface area contributed by atoms with Crippen LogP contribution in [0.4, 0.5) is 13.2 Å². The molecule has 1 heterocycles. The van der Waals surface area contributed by atoms with Crippen molar-refractivity contribution in [2.75, 3.05) is 0 Å². The summed E-state index contributed by atoms with van der Waals surface area (Å²) in [6.07, 6.45) is -1.02. The third-order valence-corrected chi connectivity index (χ3v) is 3.81. The van der Waals surface area contributed by atoms with E-state index in [4.69, 9.17) is 11.6 Å². The number of hydrogen-bond donors (Lipinski definition) is 0. The maximum atomic E-state index is 12.5. The minimum absolute atomic E-state index is 0. The molecule has 0 radical (unpaired) electrons. The summed E-state index contributed by atoms with van der Waals surface area (Å²) in [4.78, 5) is 4.61. The SMILES string of the molecule is Cl.Cn1ccnc1Sc1ccc(C(F)(F)F)cc1Cl. The van der Waals surface area contributed by atoms with Crippen molar-refractivity contribution in [3.05, 3.63) is 41.2 Å². The Kier molecular flexibility index (Phi) is 5.18. The van der Waals surface area contributed by atoms with Crippen LogP contribution in [0.1, 0.15) is 5.56 Å². The molecule has 0 N–H and O–H groups in total. The standard InChI is InChI=1S/C11H8ClF3N2S.ClH/c1-17-5-4-16-10(17)18-9-3-2-7(6-8(9)12)11(13,14)15;/h2-6H,1H3;1H. The van der Waals surface area contributed by atoms with Crippen LogP contribution in [0.5, 0.6) is 0 Å². The molecule has 19 heavy (non-hydrogen) atoms. The van der Waals surface area contributed by atoms with Gasteiger partial charge in [-0.1, -0.05) is 23.4 Å². The number of benzene rings is 1. The van der Waals surface area contributed by atoms with Crippen LogP contribution in [0.2, 0.25) is 5.02 Å². The Balaban J connectivity index is 0.00000180. The van der Waals surface area contributed by atoms with Gasteiger partial charge >= 0.3 is 6.18 Å². The van der Waals surface area contributed by atoms with Crippen molar-refractivity contribution in [2.45, 2.75) is 16.2 Å². The van der Waals surface area contributed by atoms with Gasteiger partial charge in [-0.3, -0.25) is 0 Å². The zero-order chi connectivity index (χ0) is 13.3. The van der Waals surface area contributed by atoms with Crippen LogP contribution in [-0.4, -0.2) is 9.55 Å². The topological polar surface area (TPSA) is 17.8 Å². The Labute approximate surface area is 123 Å². The molecule has 0 aliphatic carbocycles. The first-order chi connectivity index (χ1) is 8.38. The molecule has 0 atom stereocenters. The van der Waals surface area contributed by atoms with Crippen molar-refractivity contribution in [3.8, 4) is 0 Å². The van der Waals surface area contributed by atoms with Crippen LogP contribution in [0.3, 0.4) is 0 Å². The van der Waals surface area contributed by atoms with Gasteiger partial charge in [0.2, 0.25) is 0 Å². The molecule has 0 saturated heterocycles. The van der Waals surface area contributed by atoms with E-state index in [1.54, 1.807) is 24.0 Å². The number of aryl methyl sites for hydroxylation is 1. The van der Waals surface area contributed by atoms with Crippen LogP contribution in [0.15, 0.2) is 40.6 Å². The maximum Gasteiger partial charge on any atom is 0.416 e. The first-order valence-electron chi connectivity index (χ1n) is 4.90. The molecule has 0 unspecified atom stereocenters. The highest BCUT2D eigenvalue weighted by atomic mass is 35.5. The summed E-state index contributed by atoms with van der Waals surface area (Å²) in [7, 11) is 1.80. The Bertz CT molecular complexity index is 569.